The first-order chi connectivity index (χ1) is 8.79. The molecule has 3 nitrogen and oxygen atoms in total. The molecule has 3 heteroatoms. The SMILES string of the molecule is CC(c1ccccc1)c1ccccc1.NCNO. The number of hydrogen-bond acceptors (Lipinski definition) is 3. The van der Waals surface area contributed by atoms with E-state index in [1.807, 2.05) is 0 Å². The van der Waals surface area contributed by atoms with Gasteiger partial charge in [0, 0.05) is 5.92 Å². The molecule has 96 valence electrons. The van der Waals surface area contributed by atoms with Gasteiger partial charge in [0.2, 0.25) is 0 Å². The molecule has 0 spiro atoms. The average Bonchev–Trinajstić information content (AvgIpc) is 2.48. The predicted octanol–water partition coefficient (Wildman–Crippen LogP) is 2.72. The number of nitrogens with one attached hydrogen (secondary N) is 1. The van der Waals surface area contributed by atoms with Crippen molar-refractivity contribution in [1.29, 1.82) is 0 Å². The van der Waals surface area contributed by atoms with Crippen molar-refractivity contribution in [2.75, 3.05) is 6.67 Å². The second-order valence-electron chi connectivity index (χ2n) is 3.91. The lowest BCUT2D eigenvalue weighted by molar-refractivity contribution is 0.170. The fourth-order valence-electron chi connectivity index (χ4n) is 1.68. The van der Waals surface area contributed by atoms with Crippen molar-refractivity contribution >= 4 is 0 Å². The van der Waals surface area contributed by atoms with Gasteiger partial charge in [-0.25, -0.2) is 0 Å². The van der Waals surface area contributed by atoms with Crippen LogP contribution in [0.3, 0.4) is 0 Å². The van der Waals surface area contributed by atoms with E-state index in [1.165, 1.54) is 11.1 Å². The topological polar surface area (TPSA) is 58.3 Å². The van der Waals surface area contributed by atoms with Gasteiger partial charge in [-0.15, -0.1) is 0 Å². The van der Waals surface area contributed by atoms with E-state index in [9.17, 15) is 0 Å². The Bertz CT molecular complexity index is 376. The Morgan fingerprint density at radius 1 is 0.944 bits per heavy atom. The van der Waals surface area contributed by atoms with Crippen LogP contribution in [0.1, 0.15) is 24.0 Å². The maximum absolute atomic E-state index is 7.50. The van der Waals surface area contributed by atoms with E-state index in [-0.39, 0.29) is 6.67 Å². The number of hydrogen-bond donors (Lipinski definition) is 3. The Balaban J connectivity index is 0.000000357. The molecule has 0 heterocycles. The molecule has 2 aromatic rings. The molecular formula is C15H20N2O. The van der Waals surface area contributed by atoms with Crippen LogP contribution in [0.4, 0.5) is 0 Å². The van der Waals surface area contributed by atoms with Crippen LogP contribution in [0.15, 0.2) is 60.7 Å². The maximum atomic E-state index is 7.50. The van der Waals surface area contributed by atoms with Crippen LogP contribution < -0.4 is 11.2 Å². The molecule has 0 fully saturated rings. The number of nitrogens with two attached hydrogens (primary N) is 1. The molecule has 4 N–H and O–H groups in total. The average molecular weight is 244 g/mol. The molecule has 2 aromatic carbocycles. The van der Waals surface area contributed by atoms with Crippen molar-refractivity contribution in [3.05, 3.63) is 71.8 Å². The summed E-state index contributed by atoms with van der Waals surface area (Å²) in [5, 5.41) is 7.50. The first-order valence-electron chi connectivity index (χ1n) is 5.96. The van der Waals surface area contributed by atoms with E-state index in [0.29, 0.717) is 5.92 Å². The third-order valence-corrected chi connectivity index (χ3v) is 2.69. The molecule has 0 aliphatic carbocycles. The summed E-state index contributed by atoms with van der Waals surface area (Å²) in [5.74, 6) is 0.484. The van der Waals surface area contributed by atoms with Gasteiger partial charge in [-0.05, 0) is 11.1 Å². The monoisotopic (exact) mass is 244 g/mol. The van der Waals surface area contributed by atoms with Crippen molar-refractivity contribution in [3.8, 4) is 0 Å². The lowest BCUT2D eigenvalue weighted by atomic mass is 9.93. The van der Waals surface area contributed by atoms with Crippen LogP contribution in [0.2, 0.25) is 0 Å². The van der Waals surface area contributed by atoms with Gasteiger partial charge >= 0.3 is 0 Å². The van der Waals surface area contributed by atoms with E-state index in [2.05, 4.69) is 73.3 Å². The molecule has 2 rings (SSSR count). The summed E-state index contributed by atoms with van der Waals surface area (Å²) in [6.07, 6.45) is 0. The number of hydroxylamine groups is 1. The van der Waals surface area contributed by atoms with Crippen molar-refractivity contribution in [1.82, 2.24) is 5.48 Å². The Kier molecular flexibility index (Phi) is 6.72. The molecule has 0 atom stereocenters. The van der Waals surface area contributed by atoms with Gasteiger partial charge in [-0.3, -0.25) is 0 Å². The molecule has 0 aliphatic heterocycles. The fourth-order valence-corrected chi connectivity index (χ4v) is 1.68. The molecule has 0 unspecified atom stereocenters. The van der Waals surface area contributed by atoms with E-state index in [1.54, 1.807) is 5.48 Å². The molecular weight excluding hydrogens is 224 g/mol. The van der Waals surface area contributed by atoms with Crippen molar-refractivity contribution in [2.24, 2.45) is 5.73 Å². The van der Waals surface area contributed by atoms with Crippen LogP contribution in [0, 0.1) is 0 Å². The van der Waals surface area contributed by atoms with E-state index < -0.39 is 0 Å². The fraction of sp³-hybridized carbons (Fsp3) is 0.200. The van der Waals surface area contributed by atoms with Crippen molar-refractivity contribution in [3.63, 3.8) is 0 Å². The standard InChI is InChI=1S/C14H14.CH6N2O/c1-12(13-8-4-2-5-9-13)14-10-6-3-7-11-14;2-1-3-4/h2-12H,1H3;3-4H,1-2H2. The highest BCUT2D eigenvalue weighted by molar-refractivity contribution is 5.31. The van der Waals surface area contributed by atoms with Crippen LogP contribution in [-0.2, 0) is 0 Å². The highest BCUT2D eigenvalue weighted by Crippen LogP contribution is 2.22. The maximum Gasteiger partial charge on any atom is 0.0673 e. The van der Waals surface area contributed by atoms with Gasteiger partial charge in [0.05, 0.1) is 6.67 Å². The van der Waals surface area contributed by atoms with Crippen molar-refractivity contribution in [2.45, 2.75) is 12.8 Å². The molecule has 0 saturated heterocycles. The highest BCUT2D eigenvalue weighted by atomic mass is 16.5. The minimum Gasteiger partial charge on any atom is -0.317 e. The number of rotatable bonds is 3. The van der Waals surface area contributed by atoms with E-state index in [4.69, 9.17) is 5.21 Å². The Morgan fingerprint density at radius 3 is 1.56 bits per heavy atom. The second-order valence-corrected chi connectivity index (χ2v) is 3.91. The van der Waals surface area contributed by atoms with Gasteiger partial charge in [0.1, 0.15) is 0 Å². The van der Waals surface area contributed by atoms with E-state index in [0.717, 1.165) is 0 Å². The first-order valence-corrected chi connectivity index (χ1v) is 5.96. The lowest BCUT2D eigenvalue weighted by Crippen LogP contribution is -2.16. The number of benzene rings is 2. The highest BCUT2D eigenvalue weighted by Gasteiger charge is 2.05. The van der Waals surface area contributed by atoms with Gasteiger partial charge in [0.25, 0.3) is 0 Å². The second kappa shape index (κ2) is 8.42. The van der Waals surface area contributed by atoms with Gasteiger partial charge < -0.3 is 10.9 Å². The van der Waals surface area contributed by atoms with Crippen LogP contribution in [0.5, 0.6) is 0 Å². The molecule has 0 bridgehead atoms. The minimum absolute atomic E-state index is 0.125. The summed E-state index contributed by atoms with van der Waals surface area (Å²) in [4.78, 5) is 0. The largest absolute Gasteiger partial charge is 0.317 e. The normalized spacial score (nSPS) is 9.78. The zero-order chi connectivity index (χ0) is 13.2. The molecule has 18 heavy (non-hydrogen) atoms. The zero-order valence-corrected chi connectivity index (χ0v) is 10.6. The van der Waals surface area contributed by atoms with Gasteiger partial charge in [0.15, 0.2) is 0 Å². The lowest BCUT2D eigenvalue weighted by Gasteiger charge is -2.11. The summed E-state index contributed by atoms with van der Waals surface area (Å²) in [7, 11) is 0. The summed E-state index contributed by atoms with van der Waals surface area (Å²) in [6, 6.07) is 21.2. The molecule has 0 saturated carbocycles. The summed E-state index contributed by atoms with van der Waals surface area (Å²) >= 11 is 0. The first kappa shape index (κ1) is 14.4. The zero-order valence-electron chi connectivity index (χ0n) is 10.6. The van der Waals surface area contributed by atoms with E-state index >= 15 is 0 Å². The minimum atomic E-state index is 0.125. The third-order valence-electron chi connectivity index (χ3n) is 2.69. The Morgan fingerprint density at radius 2 is 1.28 bits per heavy atom. The summed E-state index contributed by atoms with van der Waals surface area (Å²) in [5.41, 5.74) is 9.12. The van der Waals surface area contributed by atoms with Crippen molar-refractivity contribution < 1.29 is 5.21 Å². The van der Waals surface area contributed by atoms with Gasteiger partial charge in [-0.1, -0.05) is 67.6 Å². The summed E-state index contributed by atoms with van der Waals surface area (Å²) in [6.45, 7) is 2.37. The molecule has 0 amide bonds. The quantitative estimate of drug-likeness (QED) is 0.574. The van der Waals surface area contributed by atoms with Crippen LogP contribution in [-0.4, -0.2) is 11.9 Å². The molecule has 0 aromatic heterocycles. The van der Waals surface area contributed by atoms with Gasteiger partial charge in [-0.2, -0.15) is 5.48 Å². The van der Waals surface area contributed by atoms with Crippen LogP contribution in [0.25, 0.3) is 0 Å². The molecule has 0 aliphatic rings. The molecule has 0 radical (unpaired) electrons. The van der Waals surface area contributed by atoms with Crippen LogP contribution >= 0.6 is 0 Å². The smallest absolute Gasteiger partial charge is 0.0673 e. The Hall–Kier alpha value is -1.68. The predicted molar refractivity (Wildman–Crippen MR) is 74.4 cm³/mol. The summed E-state index contributed by atoms with van der Waals surface area (Å²) < 4.78 is 0. The third kappa shape index (κ3) is 4.67. The Labute approximate surface area is 108 Å².